The predicted molar refractivity (Wildman–Crippen MR) is 67.6 cm³/mol. The maximum Gasteiger partial charge on any atom is 0.315 e. The zero-order valence-corrected chi connectivity index (χ0v) is 10.9. The van der Waals surface area contributed by atoms with Gasteiger partial charge in [0.15, 0.2) is 5.76 Å². The summed E-state index contributed by atoms with van der Waals surface area (Å²) in [4.78, 5) is 23.2. The average molecular weight is 279 g/mol. The van der Waals surface area contributed by atoms with E-state index in [1.165, 1.54) is 6.20 Å². The number of amides is 2. The Morgan fingerprint density at radius 2 is 2.20 bits per heavy atom. The Kier molecular flexibility index (Phi) is 3.33. The predicted octanol–water partition coefficient (Wildman–Crippen LogP) is 0.973. The maximum absolute atomic E-state index is 11.9. The van der Waals surface area contributed by atoms with Crippen molar-refractivity contribution in [3.8, 4) is 0 Å². The Morgan fingerprint density at radius 1 is 1.40 bits per heavy atom. The summed E-state index contributed by atoms with van der Waals surface area (Å²) in [7, 11) is 0. The molecule has 2 bridgehead atoms. The number of aromatic nitrogens is 1. The summed E-state index contributed by atoms with van der Waals surface area (Å²) in [5, 5.41) is 18.3. The second-order valence-corrected chi connectivity index (χ2v) is 5.53. The van der Waals surface area contributed by atoms with Gasteiger partial charge in [0.2, 0.25) is 0 Å². The van der Waals surface area contributed by atoms with E-state index in [4.69, 9.17) is 4.52 Å². The van der Waals surface area contributed by atoms with E-state index in [9.17, 15) is 14.7 Å². The number of fused-ring (bicyclic) bond motifs is 2. The third-order valence-electron chi connectivity index (χ3n) is 4.41. The molecule has 20 heavy (non-hydrogen) atoms. The standard InChI is InChI=1S/C13H17N3O4/c17-12(18)10-7-1-2-8(5-7)11(10)16-13(19)14-6-9-3-4-15-20-9/h3-4,7-8,10-11H,1-2,5-6H2,(H,17,18)(H2,14,16,19). The third kappa shape index (κ3) is 2.35. The molecule has 0 aliphatic heterocycles. The smallest absolute Gasteiger partial charge is 0.315 e. The molecule has 2 aliphatic rings. The van der Waals surface area contributed by atoms with E-state index >= 15 is 0 Å². The van der Waals surface area contributed by atoms with Crippen molar-refractivity contribution < 1.29 is 19.2 Å². The molecular weight excluding hydrogens is 262 g/mol. The Morgan fingerprint density at radius 3 is 2.90 bits per heavy atom. The highest BCUT2D eigenvalue weighted by molar-refractivity contribution is 5.77. The first-order valence-electron chi connectivity index (χ1n) is 6.82. The van der Waals surface area contributed by atoms with Crippen LogP contribution in [0.1, 0.15) is 25.0 Å². The van der Waals surface area contributed by atoms with E-state index in [1.54, 1.807) is 6.07 Å². The largest absolute Gasteiger partial charge is 0.481 e. The first-order valence-corrected chi connectivity index (χ1v) is 6.82. The highest BCUT2D eigenvalue weighted by Gasteiger charge is 2.51. The quantitative estimate of drug-likeness (QED) is 0.762. The van der Waals surface area contributed by atoms with Crippen molar-refractivity contribution in [3.63, 3.8) is 0 Å². The minimum Gasteiger partial charge on any atom is -0.481 e. The SMILES string of the molecule is O=C(NCc1ccno1)NC1C2CCC(C2)C1C(=O)O. The number of carbonyl (C=O) groups is 2. The summed E-state index contributed by atoms with van der Waals surface area (Å²) in [6.07, 6.45) is 4.37. The van der Waals surface area contributed by atoms with Crippen LogP contribution in [0.25, 0.3) is 0 Å². The van der Waals surface area contributed by atoms with Crippen LogP contribution in [0.15, 0.2) is 16.8 Å². The van der Waals surface area contributed by atoms with E-state index in [0.717, 1.165) is 19.3 Å². The molecule has 2 fully saturated rings. The van der Waals surface area contributed by atoms with Gasteiger partial charge in [0.1, 0.15) is 0 Å². The first-order chi connectivity index (χ1) is 9.65. The van der Waals surface area contributed by atoms with Crippen molar-refractivity contribution in [3.05, 3.63) is 18.0 Å². The molecule has 2 saturated carbocycles. The molecule has 0 aromatic carbocycles. The normalized spacial score (nSPS) is 31.2. The fraction of sp³-hybridized carbons (Fsp3) is 0.615. The van der Waals surface area contributed by atoms with E-state index < -0.39 is 11.9 Å². The van der Waals surface area contributed by atoms with Gasteiger partial charge in [0.25, 0.3) is 0 Å². The summed E-state index contributed by atoms with van der Waals surface area (Å²) in [6, 6.07) is 1.05. The highest BCUT2D eigenvalue weighted by Crippen LogP contribution is 2.48. The molecule has 0 spiro atoms. The number of carboxylic acid groups (broad SMARTS) is 1. The molecule has 2 amide bonds. The number of hydrogen-bond acceptors (Lipinski definition) is 4. The minimum absolute atomic E-state index is 0.206. The molecule has 108 valence electrons. The minimum atomic E-state index is -0.808. The lowest BCUT2D eigenvalue weighted by atomic mass is 9.84. The van der Waals surface area contributed by atoms with Crippen LogP contribution in [0.5, 0.6) is 0 Å². The van der Waals surface area contributed by atoms with E-state index in [1.807, 2.05) is 0 Å². The van der Waals surface area contributed by atoms with E-state index in [2.05, 4.69) is 15.8 Å². The van der Waals surface area contributed by atoms with Gasteiger partial charge in [-0.25, -0.2) is 4.79 Å². The van der Waals surface area contributed by atoms with Crippen molar-refractivity contribution in [2.45, 2.75) is 31.8 Å². The molecule has 3 N–H and O–H groups in total. The second-order valence-electron chi connectivity index (χ2n) is 5.53. The zero-order chi connectivity index (χ0) is 14.1. The van der Waals surface area contributed by atoms with Gasteiger partial charge in [0, 0.05) is 12.1 Å². The van der Waals surface area contributed by atoms with Crippen LogP contribution in [0, 0.1) is 17.8 Å². The molecule has 3 rings (SSSR count). The molecule has 1 aromatic heterocycles. The molecule has 1 heterocycles. The Balaban J connectivity index is 1.56. The Labute approximate surface area is 115 Å². The topological polar surface area (TPSA) is 104 Å². The average Bonchev–Trinajstić information content (AvgIpc) is 3.12. The highest BCUT2D eigenvalue weighted by atomic mass is 16.5. The van der Waals surface area contributed by atoms with Crippen LogP contribution in [-0.2, 0) is 11.3 Å². The molecule has 7 nitrogen and oxygen atoms in total. The number of hydrogen-bond donors (Lipinski definition) is 3. The van der Waals surface area contributed by atoms with Gasteiger partial charge in [-0.15, -0.1) is 0 Å². The summed E-state index contributed by atoms with van der Waals surface area (Å²) in [5.74, 6) is -0.209. The van der Waals surface area contributed by atoms with Crippen LogP contribution >= 0.6 is 0 Å². The number of nitrogens with one attached hydrogen (secondary N) is 2. The van der Waals surface area contributed by atoms with Crippen LogP contribution in [0.3, 0.4) is 0 Å². The molecule has 1 aromatic rings. The summed E-state index contributed by atoms with van der Waals surface area (Å²) in [6.45, 7) is 0.240. The number of carbonyl (C=O) groups excluding carboxylic acids is 1. The van der Waals surface area contributed by atoms with Crippen LogP contribution < -0.4 is 10.6 Å². The van der Waals surface area contributed by atoms with Crippen LogP contribution in [0.2, 0.25) is 0 Å². The van der Waals surface area contributed by atoms with Crippen LogP contribution in [-0.4, -0.2) is 28.3 Å². The molecule has 0 saturated heterocycles. The van der Waals surface area contributed by atoms with Crippen molar-refractivity contribution in [1.29, 1.82) is 0 Å². The number of nitrogens with zero attached hydrogens (tertiary/aromatic N) is 1. The van der Waals surface area contributed by atoms with Crippen molar-refractivity contribution in [2.75, 3.05) is 0 Å². The summed E-state index contributed by atoms with van der Waals surface area (Å²) >= 11 is 0. The number of aliphatic carboxylic acids is 1. The molecule has 4 unspecified atom stereocenters. The lowest BCUT2D eigenvalue weighted by Gasteiger charge is -2.28. The Bertz CT molecular complexity index is 502. The zero-order valence-electron chi connectivity index (χ0n) is 10.9. The second kappa shape index (κ2) is 5.15. The van der Waals surface area contributed by atoms with Crippen LogP contribution in [0.4, 0.5) is 4.79 Å². The van der Waals surface area contributed by atoms with Gasteiger partial charge >= 0.3 is 12.0 Å². The van der Waals surface area contributed by atoms with Crippen molar-refractivity contribution >= 4 is 12.0 Å². The Hall–Kier alpha value is -2.05. The summed E-state index contributed by atoms with van der Waals surface area (Å²) < 4.78 is 4.88. The number of carboxylic acids is 1. The van der Waals surface area contributed by atoms with Crippen molar-refractivity contribution in [2.24, 2.45) is 17.8 Å². The fourth-order valence-corrected chi connectivity index (χ4v) is 3.56. The van der Waals surface area contributed by atoms with Gasteiger partial charge in [-0.05, 0) is 31.1 Å². The van der Waals surface area contributed by atoms with Gasteiger partial charge in [-0.2, -0.15) is 0 Å². The first kappa shape index (κ1) is 13.0. The molecule has 0 radical (unpaired) electrons. The number of urea groups is 1. The molecule has 4 atom stereocenters. The maximum atomic E-state index is 11.9. The van der Waals surface area contributed by atoms with Gasteiger partial charge in [-0.3, -0.25) is 4.79 Å². The van der Waals surface area contributed by atoms with E-state index in [0.29, 0.717) is 5.76 Å². The molecule has 2 aliphatic carbocycles. The van der Waals surface area contributed by atoms with Crippen molar-refractivity contribution in [1.82, 2.24) is 15.8 Å². The van der Waals surface area contributed by atoms with Gasteiger partial charge in [-0.1, -0.05) is 5.16 Å². The lowest BCUT2D eigenvalue weighted by molar-refractivity contribution is -0.144. The van der Waals surface area contributed by atoms with Gasteiger partial charge < -0.3 is 20.3 Å². The molecule has 7 heteroatoms. The third-order valence-corrected chi connectivity index (χ3v) is 4.41. The fourth-order valence-electron chi connectivity index (χ4n) is 3.56. The van der Waals surface area contributed by atoms with E-state index in [-0.39, 0.29) is 30.5 Å². The summed E-state index contributed by atoms with van der Waals surface area (Å²) in [5.41, 5.74) is 0. The van der Waals surface area contributed by atoms with Gasteiger partial charge in [0.05, 0.1) is 18.7 Å². The number of rotatable bonds is 4. The monoisotopic (exact) mass is 279 g/mol. The lowest BCUT2D eigenvalue weighted by Crippen LogP contribution is -2.50. The molecular formula is C13H17N3O4.